The number of amides is 3. The average molecular weight is 738 g/mol. The van der Waals surface area contributed by atoms with Crippen LogP contribution in [-0.4, -0.2) is 110 Å². The van der Waals surface area contributed by atoms with E-state index in [1.807, 2.05) is 13.0 Å². The Labute approximate surface area is 303 Å². The van der Waals surface area contributed by atoms with Crippen LogP contribution in [0, 0.1) is 5.92 Å². The lowest BCUT2D eigenvalue weighted by atomic mass is 9.83. The van der Waals surface area contributed by atoms with Crippen molar-refractivity contribution in [2.24, 2.45) is 5.92 Å². The van der Waals surface area contributed by atoms with Gasteiger partial charge in [0.05, 0.1) is 25.3 Å². The monoisotopic (exact) mass is 737 g/mol. The van der Waals surface area contributed by atoms with E-state index in [0.717, 1.165) is 11.1 Å². The Bertz CT molecular complexity index is 1540. The molecular formula is C35H48ClN3O10S. The number of rotatable bonds is 7. The Morgan fingerprint density at radius 1 is 1.28 bits per heavy atom. The number of anilines is 1. The molecule has 3 amide bonds. The largest absolute Gasteiger partial charge is 0.495 e. The van der Waals surface area contributed by atoms with Crippen LogP contribution in [-0.2, 0) is 39.8 Å². The molecule has 2 fully saturated rings. The number of hydrogen-bond acceptors (Lipinski definition) is 11. The van der Waals surface area contributed by atoms with E-state index >= 15 is 0 Å². The predicted molar refractivity (Wildman–Crippen MR) is 189 cm³/mol. The van der Waals surface area contributed by atoms with Crippen LogP contribution in [0.3, 0.4) is 0 Å². The molecule has 3 aliphatic heterocycles. The van der Waals surface area contributed by atoms with Crippen molar-refractivity contribution < 1.29 is 48.0 Å². The number of thiol groups is 1. The molecule has 3 heterocycles. The number of alkyl carbamates (subject to hydrolysis) is 1. The maximum Gasteiger partial charge on any atom is 0.409 e. The number of hydrogen-bond donors (Lipinski definition) is 3. The molecule has 2 N–H and O–H groups in total. The summed E-state index contributed by atoms with van der Waals surface area (Å²) in [5, 5.41) is 14.4. The number of carbonyl (C=O) groups excluding carboxylic acids is 4. The van der Waals surface area contributed by atoms with Gasteiger partial charge in [-0.3, -0.25) is 14.9 Å². The second-order valence-corrected chi connectivity index (χ2v) is 14.2. The number of esters is 1. The number of likely N-dealkylation sites (N-methyl/N-ethyl adjacent to an activating group) is 1. The number of epoxide rings is 1. The van der Waals surface area contributed by atoms with E-state index in [-0.39, 0.29) is 30.2 Å². The number of ether oxygens (including phenoxy) is 5. The van der Waals surface area contributed by atoms with E-state index in [4.69, 9.17) is 35.3 Å². The topological polar surface area (TPSA) is 156 Å². The normalized spacial score (nSPS) is 32.3. The van der Waals surface area contributed by atoms with Gasteiger partial charge in [-0.15, -0.1) is 0 Å². The maximum atomic E-state index is 14.0. The van der Waals surface area contributed by atoms with Gasteiger partial charge in [-0.25, -0.2) is 9.59 Å². The summed E-state index contributed by atoms with van der Waals surface area (Å²) < 4.78 is 29.0. The van der Waals surface area contributed by atoms with Crippen molar-refractivity contribution in [1.29, 1.82) is 0 Å². The van der Waals surface area contributed by atoms with Gasteiger partial charge < -0.3 is 38.6 Å². The van der Waals surface area contributed by atoms with Crippen LogP contribution in [0.2, 0.25) is 5.02 Å². The van der Waals surface area contributed by atoms with Crippen LogP contribution in [0.15, 0.2) is 35.9 Å². The summed E-state index contributed by atoms with van der Waals surface area (Å²) in [7, 11) is 5.98. The minimum absolute atomic E-state index is 0.0489. The third kappa shape index (κ3) is 8.42. The highest BCUT2D eigenvalue weighted by molar-refractivity contribution is 7.80. The van der Waals surface area contributed by atoms with Gasteiger partial charge in [0.2, 0.25) is 11.8 Å². The maximum absolute atomic E-state index is 14.0. The SMILES string of the molecule is COc1cc2cc(c1Cl)N(C)C(=O)C[C@H](OC(=O)[C@H](C)N(C)C(=O)CCS)[C@]1(C)O[C@H]1[C@H](C)[C@@H]1C[C@@](O)(NC(=O)O1)[C@@H](OC)/C=C\C=C(/C)C2. The van der Waals surface area contributed by atoms with Crippen LogP contribution >= 0.6 is 24.2 Å². The predicted octanol–water partition coefficient (Wildman–Crippen LogP) is 3.83. The smallest absolute Gasteiger partial charge is 0.409 e. The van der Waals surface area contributed by atoms with Gasteiger partial charge in [0.1, 0.15) is 40.7 Å². The van der Waals surface area contributed by atoms with Gasteiger partial charge in [-0.1, -0.05) is 42.3 Å². The lowest BCUT2D eigenvalue weighted by Crippen LogP contribution is -2.63. The van der Waals surface area contributed by atoms with Crippen molar-refractivity contribution in [3.8, 4) is 5.75 Å². The number of allylic oxidation sites excluding steroid dienone is 3. The van der Waals surface area contributed by atoms with Gasteiger partial charge in [-0.2, -0.15) is 12.6 Å². The average Bonchev–Trinajstić information content (AvgIpc) is 3.76. The van der Waals surface area contributed by atoms with Gasteiger partial charge in [-0.05, 0) is 50.6 Å². The molecule has 0 aliphatic carbocycles. The zero-order valence-electron chi connectivity index (χ0n) is 29.7. The summed E-state index contributed by atoms with van der Waals surface area (Å²) in [6.07, 6.45) is 1.08. The molecule has 2 saturated heterocycles. The molecule has 3 aliphatic rings. The van der Waals surface area contributed by atoms with Crippen molar-refractivity contribution in [1.82, 2.24) is 10.2 Å². The number of benzene rings is 1. The van der Waals surface area contributed by atoms with Crippen molar-refractivity contribution >= 4 is 53.8 Å². The van der Waals surface area contributed by atoms with Crippen molar-refractivity contribution in [3.63, 3.8) is 0 Å². The molecule has 1 aromatic carbocycles. The van der Waals surface area contributed by atoms with Crippen LogP contribution in [0.1, 0.15) is 52.5 Å². The first-order valence-electron chi connectivity index (χ1n) is 16.4. The number of aliphatic hydroxyl groups is 1. The van der Waals surface area contributed by atoms with Gasteiger partial charge >= 0.3 is 12.1 Å². The first-order valence-corrected chi connectivity index (χ1v) is 17.5. The second-order valence-electron chi connectivity index (χ2n) is 13.4. The fourth-order valence-electron chi connectivity index (χ4n) is 6.49. The molecule has 0 aromatic heterocycles. The van der Waals surface area contributed by atoms with Crippen molar-refractivity contribution in [2.75, 3.05) is 39.0 Å². The minimum atomic E-state index is -1.82. The van der Waals surface area contributed by atoms with E-state index in [9.17, 15) is 24.3 Å². The number of nitrogens with zero attached hydrogens (tertiary/aromatic N) is 2. The third-order valence-corrected chi connectivity index (χ3v) is 10.5. The molecule has 13 nitrogen and oxygen atoms in total. The number of methoxy groups -OCH3 is 2. The second kappa shape index (κ2) is 15.9. The standard InChI is InChI=1S/C35H48ClN3O10S/c1-19-10-9-11-26(46-8)35(44)18-25(47-33(43)37-35)20(2)31-34(4,49-31)27(48-32(42)21(3)38(5)28(40)12-13-50)17-29(41)39(6)23-15-22(14-19)16-24(45-7)30(23)36/h9-11,15-16,20-21,25-27,31,44,50H,12-14,17-18H2,1-8H3,(H,37,43)/b11-9-,19-10+/t20-,21+,25+,26+,27+,31+,34+,35+/m1/s1. The summed E-state index contributed by atoms with van der Waals surface area (Å²) in [6, 6.07) is 2.60. The van der Waals surface area contributed by atoms with Crippen LogP contribution < -0.4 is 15.0 Å². The Balaban J connectivity index is 1.78. The molecular weight excluding hydrogens is 690 g/mol. The number of nitrogens with one attached hydrogen (secondary N) is 1. The van der Waals surface area contributed by atoms with E-state index < -0.39 is 65.7 Å². The highest BCUT2D eigenvalue weighted by atomic mass is 35.5. The molecule has 0 spiro atoms. The highest BCUT2D eigenvalue weighted by Gasteiger charge is 2.64. The molecule has 276 valence electrons. The fourth-order valence-corrected chi connectivity index (χ4v) is 6.99. The van der Waals surface area contributed by atoms with Gasteiger partial charge in [0.25, 0.3) is 0 Å². The molecule has 0 saturated carbocycles. The van der Waals surface area contributed by atoms with Crippen LogP contribution in [0.4, 0.5) is 10.5 Å². The summed E-state index contributed by atoms with van der Waals surface area (Å²) in [6.45, 7) is 6.96. The molecule has 1 aromatic rings. The van der Waals surface area contributed by atoms with E-state index in [2.05, 4.69) is 17.9 Å². The van der Waals surface area contributed by atoms with Crippen LogP contribution in [0.25, 0.3) is 0 Å². The van der Waals surface area contributed by atoms with Crippen LogP contribution in [0.5, 0.6) is 5.75 Å². The first kappa shape index (κ1) is 39.5. The van der Waals surface area contributed by atoms with E-state index in [1.165, 1.54) is 38.0 Å². The van der Waals surface area contributed by atoms with E-state index in [1.54, 1.807) is 45.2 Å². The van der Waals surface area contributed by atoms with Gasteiger partial charge in [0, 0.05) is 40.0 Å². The zero-order valence-corrected chi connectivity index (χ0v) is 31.4. The number of halogens is 1. The Hall–Kier alpha value is -3.30. The van der Waals surface area contributed by atoms with Gasteiger partial charge in [0.15, 0.2) is 5.72 Å². The Morgan fingerprint density at radius 2 is 1.98 bits per heavy atom. The lowest BCUT2D eigenvalue weighted by molar-refractivity contribution is -0.161. The quantitative estimate of drug-likeness (QED) is 0.214. The summed E-state index contributed by atoms with van der Waals surface area (Å²) in [4.78, 5) is 55.6. The molecule has 15 heteroatoms. The molecule has 50 heavy (non-hydrogen) atoms. The van der Waals surface area contributed by atoms with E-state index in [0.29, 0.717) is 23.6 Å². The summed E-state index contributed by atoms with van der Waals surface area (Å²) in [5.74, 6) is -1.30. The number of fused-ring (bicyclic) bond motifs is 5. The lowest BCUT2D eigenvalue weighted by Gasteiger charge is -2.42. The summed E-state index contributed by atoms with van der Waals surface area (Å²) >= 11 is 10.8. The molecule has 0 unspecified atom stereocenters. The fraction of sp³-hybridized carbons (Fsp3) is 0.600. The first-order chi connectivity index (χ1) is 23.5. The minimum Gasteiger partial charge on any atom is -0.495 e. The molecule has 4 rings (SSSR count). The Morgan fingerprint density at radius 3 is 2.62 bits per heavy atom. The van der Waals surface area contributed by atoms with Crippen molar-refractivity contribution in [2.45, 2.75) is 95.2 Å². The molecule has 4 bridgehead atoms. The molecule has 8 atom stereocenters. The highest BCUT2D eigenvalue weighted by Crippen LogP contribution is 2.49. The third-order valence-electron chi connectivity index (χ3n) is 9.85. The number of carbonyl (C=O) groups is 4. The van der Waals surface area contributed by atoms with Crippen molar-refractivity contribution in [3.05, 3.63) is 46.5 Å². The summed E-state index contributed by atoms with van der Waals surface area (Å²) in [5.41, 5.74) is -0.903. The zero-order chi connectivity index (χ0) is 37.1. The molecule has 0 radical (unpaired) electrons. The Kier molecular flexibility index (Phi) is 12.6.